The number of carbonyl (C=O) groups is 2. The third-order valence-electron chi connectivity index (χ3n) is 9.37. The SMILES string of the molecule is COc1ccc(C(=O)Nc2cccc(CN3C(=O)[C@@]4(O[C@@H](CCn5cc(CCO)nn5)[C@H](C(C)(C)O)[C@H]4C)c4ccccc43)c2)cc1. The number of methoxy groups -OCH3 is 1. The van der Waals surface area contributed by atoms with Crippen molar-refractivity contribution >= 4 is 23.2 Å². The van der Waals surface area contributed by atoms with E-state index in [4.69, 9.17) is 9.47 Å². The number of amides is 2. The Kier molecular flexibility index (Phi) is 8.88. The van der Waals surface area contributed by atoms with E-state index in [1.807, 2.05) is 55.5 Å². The van der Waals surface area contributed by atoms with Crippen molar-refractivity contribution in [3.63, 3.8) is 0 Å². The number of nitrogens with one attached hydrogen (secondary N) is 1. The third-order valence-corrected chi connectivity index (χ3v) is 9.37. The minimum absolute atomic E-state index is 0.00805. The highest BCUT2D eigenvalue weighted by Crippen LogP contribution is 2.58. The predicted molar refractivity (Wildman–Crippen MR) is 176 cm³/mol. The van der Waals surface area contributed by atoms with Crippen LogP contribution in [-0.4, -0.2) is 62.4 Å². The molecule has 4 atom stereocenters. The van der Waals surface area contributed by atoms with E-state index in [0.717, 1.165) is 16.8 Å². The maximum Gasteiger partial charge on any atom is 0.264 e. The number of carbonyl (C=O) groups excluding carboxylic acids is 2. The number of aliphatic hydroxyl groups is 2. The van der Waals surface area contributed by atoms with E-state index in [9.17, 15) is 19.8 Å². The van der Waals surface area contributed by atoms with Crippen molar-refractivity contribution in [3.05, 3.63) is 101 Å². The summed E-state index contributed by atoms with van der Waals surface area (Å²) >= 11 is 0. The van der Waals surface area contributed by atoms with Crippen LogP contribution >= 0.6 is 0 Å². The van der Waals surface area contributed by atoms with E-state index in [1.165, 1.54) is 0 Å². The Morgan fingerprint density at radius 3 is 2.60 bits per heavy atom. The number of rotatable bonds is 11. The lowest BCUT2D eigenvalue weighted by Crippen LogP contribution is -2.46. The molecule has 0 unspecified atom stereocenters. The smallest absolute Gasteiger partial charge is 0.264 e. The molecule has 0 radical (unpaired) electrons. The number of fused-ring (bicyclic) bond motifs is 2. The molecule has 3 N–H and O–H groups in total. The second-order valence-electron chi connectivity index (χ2n) is 12.9. The van der Waals surface area contributed by atoms with E-state index in [0.29, 0.717) is 42.1 Å². The van der Waals surface area contributed by atoms with Crippen molar-refractivity contribution in [3.8, 4) is 5.75 Å². The van der Waals surface area contributed by atoms with Gasteiger partial charge in [0.05, 0.1) is 36.7 Å². The summed E-state index contributed by atoms with van der Waals surface area (Å²) in [5, 5.41) is 31.9. The number of anilines is 2. The minimum Gasteiger partial charge on any atom is -0.497 e. The van der Waals surface area contributed by atoms with Crippen LogP contribution in [0.5, 0.6) is 5.75 Å². The Bertz CT molecular complexity index is 1750. The van der Waals surface area contributed by atoms with Crippen LogP contribution in [-0.2, 0) is 34.6 Å². The van der Waals surface area contributed by atoms with Gasteiger partial charge in [0.25, 0.3) is 11.8 Å². The van der Waals surface area contributed by atoms with Crippen LogP contribution in [0, 0.1) is 11.8 Å². The second kappa shape index (κ2) is 12.9. The Labute approximate surface area is 274 Å². The molecule has 1 spiro atoms. The molecule has 2 aliphatic rings. The first-order chi connectivity index (χ1) is 22.5. The molecule has 2 amide bonds. The van der Waals surface area contributed by atoms with Gasteiger partial charge in [-0.1, -0.05) is 42.5 Å². The quantitative estimate of drug-likeness (QED) is 0.221. The summed E-state index contributed by atoms with van der Waals surface area (Å²) in [7, 11) is 1.58. The highest BCUT2D eigenvalue weighted by atomic mass is 16.5. The fourth-order valence-electron chi connectivity index (χ4n) is 7.27. The van der Waals surface area contributed by atoms with Gasteiger partial charge < -0.3 is 29.9 Å². The van der Waals surface area contributed by atoms with Crippen molar-refractivity contribution < 1.29 is 29.3 Å². The Hall–Kier alpha value is -4.58. The lowest BCUT2D eigenvalue weighted by Gasteiger charge is -2.34. The molecule has 1 aromatic heterocycles. The van der Waals surface area contributed by atoms with Gasteiger partial charge >= 0.3 is 0 Å². The van der Waals surface area contributed by atoms with E-state index in [1.54, 1.807) is 61.0 Å². The highest BCUT2D eigenvalue weighted by molar-refractivity contribution is 6.07. The number of ether oxygens (including phenoxy) is 2. The maximum atomic E-state index is 14.7. The Balaban J connectivity index is 1.25. The van der Waals surface area contributed by atoms with Gasteiger partial charge in [0.15, 0.2) is 5.60 Å². The standard InChI is InChI=1S/C36H41N5O6/c1-23-32(35(2,3)45)31(16-18-40-22-27(17-19-42)38-39-40)47-36(23)29-10-5-6-11-30(29)41(34(36)44)21-24-8-7-9-26(20-24)37-33(43)25-12-14-28(46-4)15-13-25/h5-15,20,22-23,31-32,42,45H,16-19,21H2,1-4H3,(H,37,43)/t23-,31+,32-,36+/m1/s1. The Morgan fingerprint density at radius 2 is 1.87 bits per heavy atom. The summed E-state index contributed by atoms with van der Waals surface area (Å²) < 4.78 is 13.8. The summed E-state index contributed by atoms with van der Waals surface area (Å²) in [6.45, 7) is 6.27. The zero-order valence-corrected chi connectivity index (χ0v) is 27.1. The van der Waals surface area contributed by atoms with Crippen molar-refractivity contribution in [2.75, 3.05) is 23.9 Å². The number of nitrogens with zero attached hydrogens (tertiary/aromatic N) is 4. The number of para-hydroxylation sites is 1. The molecule has 11 heteroatoms. The molecule has 6 rings (SSSR count). The molecule has 0 saturated carbocycles. The van der Waals surface area contributed by atoms with Gasteiger partial charge in [-0.2, -0.15) is 0 Å². The van der Waals surface area contributed by atoms with E-state index in [-0.39, 0.29) is 36.8 Å². The van der Waals surface area contributed by atoms with Crippen LogP contribution in [0.25, 0.3) is 0 Å². The molecule has 2 aliphatic heterocycles. The molecule has 47 heavy (non-hydrogen) atoms. The summed E-state index contributed by atoms with van der Waals surface area (Å²) in [5.41, 5.74) is 1.78. The summed E-state index contributed by atoms with van der Waals surface area (Å²) in [4.78, 5) is 29.3. The van der Waals surface area contributed by atoms with Gasteiger partial charge in [0.2, 0.25) is 0 Å². The number of aryl methyl sites for hydroxylation is 1. The van der Waals surface area contributed by atoms with Gasteiger partial charge in [-0.05, 0) is 68.3 Å². The van der Waals surface area contributed by atoms with Crippen LogP contribution in [0.1, 0.15) is 54.4 Å². The third kappa shape index (κ3) is 6.14. The van der Waals surface area contributed by atoms with Crippen molar-refractivity contribution in [2.24, 2.45) is 11.8 Å². The average Bonchev–Trinajstić information content (AvgIpc) is 3.70. The second-order valence-corrected chi connectivity index (χ2v) is 12.9. The zero-order valence-electron chi connectivity index (χ0n) is 27.1. The first-order valence-electron chi connectivity index (χ1n) is 15.9. The number of hydrogen-bond donors (Lipinski definition) is 3. The first-order valence-corrected chi connectivity index (χ1v) is 15.9. The van der Waals surface area contributed by atoms with Crippen LogP contribution in [0.4, 0.5) is 11.4 Å². The number of aliphatic hydroxyl groups excluding tert-OH is 1. The van der Waals surface area contributed by atoms with Crippen LogP contribution in [0.2, 0.25) is 0 Å². The topological polar surface area (TPSA) is 139 Å². The number of hydrogen-bond acceptors (Lipinski definition) is 8. The van der Waals surface area contributed by atoms with Gasteiger partial charge in [-0.3, -0.25) is 14.3 Å². The number of aromatic nitrogens is 3. The molecule has 4 aromatic rings. The normalized spacial score (nSPS) is 22.1. The van der Waals surface area contributed by atoms with Crippen molar-refractivity contribution in [1.29, 1.82) is 0 Å². The van der Waals surface area contributed by atoms with Crippen LogP contribution in [0.3, 0.4) is 0 Å². The first kappa shape index (κ1) is 32.4. The van der Waals surface area contributed by atoms with Crippen molar-refractivity contribution in [2.45, 2.75) is 64.0 Å². The van der Waals surface area contributed by atoms with E-state index >= 15 is 0 Å². The van der Waals surface area contributed by atoms with Crippen LogP contribution < -0.4 is 15.0 Å². The molecule has 3 aromatic carbocycles. The highest BCUT2D eigenvalue weighted by Gasteiger charge is 2.65. The van der Waals surface area contributed by atoms with E-state index < -0.39 is 17.3 Å². The van der Waals surface area contributed by atoms with Gasteiger partial charge in [0, 0.05) is 54.4 Å². The van der Waals surface area contributed by atoms with Gasteiger partial charge in [0.1, 0.15) is 5.75 Å². The molecular weight excluding hydrogens is 598 g/mol. The molecular formula is C36H41N5O6. The van der Waals surface area contributed by atoms with Gasteiger partial charge in [-0.25, -0.2) is 0 Å². The number of benzene rings is 3. The van der Waals surface area contributed by atoms with E-state index in [2.05, 4.69) is 15.6 Å². The molecule has 246 valence electrons. The summed E-state index contributed by atoms with van der Waals surface area (Å²) in [5.74, 6) is -0.459. The fourth-order valence-corrected chi connectivity index (χ4v) is 7.27. The molecule has 3 heterocycles. The molecule has 1 fully saturated rings. The molecule has 0 aliphatic carbocycles. The summed E-state index contributed by atoms with van der Waals surface area (Å²) in [6, 6.07) is 22.0. The monoisotopic (exact) mass is 639 g/mol. The largest absolute Gasteiger partial charge is 0.497 e. The minimum atomic E-state index is -1.28. The maximum absolute atomic E-state index is 14.7. The predicted octanol–water partition coefficient (Wildman–Crippen LogP) is 4.33. The molecule has 11 nitrogen and oxygen atoms in total. The lowest BCUT2D eigenvalue weighted by molar-refractivity contribution is -0.146. The average molecular weight is 640 g/mol. The zero-order chi connectivity index (χ0) is 33.3. The molecule has 1 saturated heterocycles. The van der Waals surface area contributed by atoms with Gasteiger partial charge in [-0.15, -0.1) is 5.10 Å². The van der Waals surface area contributed by atoms with Crippen molar-refractivity contribution in [1.82, 2.24) is 15.0 Å². The molecule has 0 bridgehead atoms. The lowest BCUT2D eigenvalue weighted by atomic mass is 9.71. The Morgan fingerprint density at radius 1 is 1.11 bits per heavy atom. The van der Waals surface area contributed by atoms with Crippen LogP contribution in [0.15, 0.2) is 79.0 Å². The summed E-state index contributed by atoms with van der Waals surface area (Å²) in [6.07, 6.45) is 2.29. The fraction of sp³-hybridized carbons (Fsp3) is 0.389.